The normalized spacial score (nSPS) is 11.2. The molecule has 10 heavy (non-hydrogen) atoms. The van der Waals surface area contributed by atoms with Crippen LogP contribution in [0.15, 0.2) is 5.16 Å². The number of halogens is 1. The fourth-order valence-electron chi connectivity index (χ4n) is 0.337. The molecule has 0 radical (unpaired) electrons. The van der Waals surface area contributed by atoms with Crippen LogP contribution in [-0.4, -0.2) is 28.8 Å². The van der Waals surface area contributed by atoms with E-state index in [1.165, 1.54) is 0 Å². The molecule has 0 fully saturated rings. The quantitative estimate of drug-likeness (QED) is 0.246. The van der Waals surface area contributed by atoms with E-state index >= 15 is 0 Å². The zero-order chi connectivity index (χ0) is 7.98. The van der Waals surface area contributed by atoms with Crippen molar-refractivity contribution in [2.75, 3.05) is 11.9 Å². The lowest BCUT2D eigenvalue weighted by atomic mass is 10.4. The van der Waals surface area contributed by atoms with E-state index < -0.39 is 5.97 Å². The van der Waals surface area contributed by atoms with Gasteiger partial charge in [0.1, 0.15) is 0 Å². The van der Waals surface area contributed by atoms with Crippen molar-refractivity contribution in [3.05, 3.63) is 0 Å². The number of hydrogen-bond acceptors (Lipinski definition) is 4. The molecule has 0 aromatic rings. The molecule has 0 saturated heterocycles. The molecule has 5 heteroatoms. The third-order valence-electron chi connectivity index (χ3n) is 0.758. The summed E-state index contributed by atoms with van der Waals surface area (Å²) in [6.45, 7) is 1.96. The van der Waals surface area contributed by atoms with E-state index in [2.05, 4.69) is 25.8 Å². The molecule has 0 aromatic heterocycles. The number of alkyl halides is 1. The van der Waals surface area contributed by atoms with Crippen LogP contribution >= 0.6 is 15.9 Å². The SMILES string of the molecule is CCOC(=O)/C(CBr)=N/O. The first kappa shape index (κ1) is 9.42. The summed E-state index contributed by atoms with van der Waals surface area (Å²) >= 11 is 2.95. The Hall–Kier alpha value is -0.580. The van der Waals surface area contributed by atoms with Crippen LogP contribution in [0.25, 0.3) is 0 Å². The maximum Gasteiger partial charge on any atom is 0.356 e. The van der Waals surface area contributed by atoms with Crippen LogP contribution in [0.4, 0.5) is 0 Å². The second-order valence-corrected chi connectivity index (χ2v) is 1.96. The summed E-state index contributed by atoms with van der Waals surface area (Å²) in [5.74, 6) is -0.595. The van der Waals surface area contributed by atoms with Crippen LogP contribution in [0, 0.1) is 0 Å². The Morgan fingerprint density at radius 1 is 1.80 bits per heavy atom. The van der Waals surface area contributed by atoms with E-state index in [4.69, 9.17) is 5.21 Å². The van der Waals surface area contributed by atoms with Crippen molar-refractivity contribution >= 4 is 27.6 Å². The Kier molecular flexibility index (Phi) is 4.92. The fourth-order valence-corrected chi connectivity index (χ4v) is 0.678. The second kappa shape index (κ2) is 5.22. The van der Waals surface area contributed by atoms with E-state index in [1.54, 1.807) is 6.92 Å². The molecule has 0 rings (SSSR count). The average molecular weight is 210 g/mol. The molecular formula is C5H8BrNO3. The monoisotopic (exact) mass is 209 g/mol. The molecule has 4 nitrogen and oxygen atoms in total. The highest BCUT2D eigenvalue weighted by atomic mass is 79.9. The Labute approximate surface area is 67.0 Å². The van der Waals surface area contributed by atoms with Crippen LogP contribution < -0.4 is 0 Å². The predicted octanol–water partition coefficient (Wildman–Crippen LogP) is 0.775. The molecular weight excluding hydrogens is 202 g/mol. The lowest BCUT2D eigenvalue weighted by molar-refractivity contribution is -0.135. The zero-order valence-electron chi connectivity index (χ0n) is 5.50. The molecule has 0 heterocycles. The first-order chi connectivity index (χ1) is 4.76. The third kappa shape index (κ3) is 2.82. The molecule has 0 spiro atoms. The average Bonchev–Trinajstić information content (AvgIpc) is 1.91. The highest BCUT2D eigenvalue weighted by Gasteiger charge is 2.10. The van der Waals surface area contributed by atoms with Gasteiger partial charge in [-0.2, -0.15) is 0 Å². The first-order valence-electron chi connectivity index (χ1n) is 2.70. The summed E-state index contributed by atoms with van der Waals surface area (Å²) in [4.78, 5) is 10.7. The number of carbonyl (C=O) groups is 1. The minimum atomic E-state index is -0.595. The van der Waals surface area contributed by atoms with Crippen molar-refractivity contribution in [3.8, 4) is 0 Å². The summed E-state index contributed by atoms with van der Waals surface area (Å²) in [6, 6.07) is 0. The minimum Gasteiger partial charge on any atom is -0.461 e. The Balaban J connectivity index is 3.91. The van der Waals surface area contributed by atoms with Crippen molar-refractivity contribution in [2.45, 2.75) is 6.92 Å². The number of carbonyl (C=O) groups excluding carboxylic acids is 1. The number of esters is 1. The maximum atomic E-state index is 10.7. The molecule has 0 atom stereocenters. The van der Waals surface area contributed by atoms with Crippen LogP contribution in [0.2, 0.25) is 0 Å². The molecule has 0 aliphatic rings. The molecule has 0 amide bonds. The van der Waals surface area contributed by atoms with Gasteiger partial charge in [0.15, 0.2) is 5.71 Å². The van der Waals surface area contributed by atoms with Crippen molar-refractivity contribution in [2.24, 2.45) is 5.16 Å². The molecule has 0 bridgehead atoms. The van der Waals surface area contributed by atoms with Crippen LogP contribution in [0.3, 0.4) is 0 Å². The van der Waals surface area contributed by atoms with Crippen LogP contribution in [0.5, 0.6) is 0 Å². The number of hydrogen-bond donors (Lipinski definition) is 1. The van der Waals surface area contributed by atoms with Crippen molar-refractivity contribution < 1.29 is 14.7 Å². The summed E-state index contributed by atoms with van der Waals surface area (Å²) in [6.07, 6.45) is 0. The van der Waals surface area contributed by atoms with Gasteiger partial charge in [-0.05, 0) is 6.92 Å². The van der Waals surface area contributed by atoms with E-state index in [0.29, 0.717) is 0 Å². The topological polar surface area (TPSA) is 58.9 Å². The van der Waals surface area contributed by atoms with Gasteiger partial charge in [0.25, 0.3) is 0 Å². The molecule has 58 valence electrons. The number of ether oxygens (including phenoxy) is 1. The number of nitrogens with zero attached hydrogens (tertiary/aromatic N) is 1. The summed E-state index contributed by atoms with van der Waals surface area (Å²) in [7, 11) is 0. The lowest BCUT2D eigenvalue weighted by Gasteiger charge is -1.98. The van der Waals surface area contributed by atoms with Crippen molar-refractivity contribution in [1.29, 1.82) is 0 Å². The summed E-state index contributed by atoms with van der Waals surface area (Å²) in [5, 5.41) is 11.1. The zero-order valence-corrected chi connectivity index (χ0v) is 7.09. The van der Waals surface area contributed by atoms with Gasteiger partial charge in [0.05, 0.1) is 11.9 Å². The van der Waals surface area contributed by atoms with Gasteiger partial charge >= 0.3 is 5.97 Å². The molecule has 0 aliphatic carbocycles. The summed E-state index contributed by atoms with van der Waals surface area (Å²) < 4.78 is 4.53. The highest BCUT2D eigenvalue weighted by Crippen LogP contribution is 1.89. The summed E-state index contributed by atoms with van der Waals surface area (Å²) in [5.41, 5.74) is -0.0261. The van der Waals surface area contributed by atoms with E-state index in [1.807, 2.05) is 0 Å². The lowest BCUT2D eigenvalue weighted by Crippen LogP contribution is -2.18. The van der Waals surface area contributed by atoms with Crippen molar-refractivity contribution in [1.82, 2.24) is 0 Å². The smallest absolute Gasteiger partial charge is 0.356 e. The molecule has 0 unspecified atom stereocenters. The van der Waals surface area contributed by atoms with E-state index in [9.17, 15) is 4.79 Å². The number of oxime groups is 1. The van der Waals surface area contributed by atoms with E-state index in [0.717, 1.165) is 0 Å². The van der Waals surface area contributed by atoms with Gasteiger partial charge in [0.2, 0.25) is 0 Å². The van der Waals surface area contributed by atoms with Gasteiger partial charge in [-0.25, -0.2) is 4.79 Å². The van der Waals surface area contributed by atoms with Gasteiger partial charge < -0.3 is 9.94 Å². The Morgan fingerprint density at radius 3 is 2.70 bits per heavy atom. The fraction of sp³-hybridized carbons (Fsp3) is 0.600. The molecule has 0 saturated carbocycles. The largest absolute Gasteiger partial charge is 0.461 e. The second-order valence-electron chi connectivity index (χ2n) is 1.40. The first-order valence-corrected chi connectivity index (χ1v) is 3.82. The van der Waals surface area contributed by atoms with Gasteiger partial charge in [0, 0.05) is 0 Å². The molecule has 1 N–H and O–H groups in total. The molecule has 0 aromatic carbocycles. The van der Waals surface area contributed by atoms with E-state index in [-0.39, 0.29) is 17.6 Å². The standard InChI is InChI=1S/C5H8BrNO3/c1-2-10-5(8)4(3-6)7-9/h9H,2-3H2,1H3/b7-4+. The van der Waals surface area contributed by atoms with Gasteiger partial charge in [-0.3, -0.25) is 0 Å². The Bertz CT molecular complexity index is 146. The van der Waals surface area contributed by atoms with Crippen LogP contribution in [-0.2, 0) is 9.53 Å². The predicted molar refractivity (Wildman–Crippen MR) is 39.6 cm³/mol. The van der Waals surface area contributed by atoms with Gasteiger partial charge in [-0.1, -0.05) is 21.1 Å². The van der Waals surface area contributed by atoms with Crippen molar-refractivity contribution in [3.63, 3.8) is 0 Å². The third-order valence-corrected chi connectivity index (χ3v) is 1.29. The van der Waals surface area contributed by atoms with Gasteiger partial charge in [-0.15, -0.1) is 0 Å². The van der Waals surface area contributed by atoms with Crippen LogP contribution in [0.1, 0.15) is 6.92 Å². The Morgan fingerprint density at radius 2 is 2.40 bits per heavy atom. The highest BCUT2D eigenvalue weighted by molar-refractivity contribution is 9.09. The number of rotatable bonds is 3. The molecule has 0 aliphatic heterocycles. The maximum absolute atomic E-state index is 10.7. The minimum absolute atomic E-state index is 0.0261.